The van der Waals surface area contributed by atoms with Crippen molar-refractivity contribution in [3.63, 3.8) is 0 Å². The first-order chi connectivity index (χ1) is 8.31. The molecule has 0 heterocycles. The molecular weight excluding hydrogens is 233 g/mol. The van der Waals surface area contributed by atoms with Gasteiger partial charge in [-0.15, -0.1) is 0 Å². The van der Waals surface area contributed by atoms with Crippen LogP contribution in [-0.4, -0.2) is 13.0 Å². The Morgan fingerprint density at radius 1 is 1.39 bits per heavy atom. The van der Waals surface area contributed by atoms with Crippen LogP contribution in [0.4, 0.5) is 4.39 Å². The van der Waals surface area contributed by atoms with Crippen LogP contribution in [0.5, 0.6) is 5.75 Å². The van der Waals surface area contributed by atoms with Crippen molar-refractivity contribution in [2.24, 2.45) is 5.41 Å². The maximum atomic E-state index is 13.4. The number of rotatable bonds is 4. The van der Waals surface area contributed by atoms with Crippen LogP contribution in [0, 0.1) is 11.2 Å². The Labute approximate surface area is 107 Å². The van der Waals surface area contributed by atoms with E-state index in [9.17, 15) is 9.18 Å². The summed E-state index contributed by atoms with van der Waals surface area (Å²) in [5.74, 6) is -0.237. The van der Waals surface area contributed by atoms with Gasteiger partial charge in [0.1, 0.15) is 0 Å². The zero-order valence-corrected chi connectivity index (χ0v) is 11.3. The first-order valence-corrected chi connectivity index (χ1v) is 5.91. The zero-order valence-electron chi connectivity index (χ0n) is 11.3. The summed E-state index contributed by atoms with van der Waals surface area (Å²) in [5, 5.41) is 2.77. The predicted octanol–water partition coefficient (Wildman–Crippen LogP) is 2.89. The smallest absolute Gasteiger partial charge is 0.220 e. The van der Waals surface area contributed by atoms with Crippen molar-refractivity contribution < 1.29 is 13.9 Å². The van der Waals surface area contributed by atoms with E-state index >= 15 is 0 Å². The minimum absolute atomic E-state index is 0.0290. The molecule has 0 saturated carbocycles. The molecule has 0 radical (unpaired) electrons. The Morgan fingerprint density at radius 2 is 2.06 bits per heavy atom. The van der Waals surface area contributed by atoms with Gasteiger partial charge in [0.25, 0.3) is 0 Å². The number of hydrogen-bond donors (Lipinski definition) is 1. The van der Waals surface area contributed by atoms with Gasteiger partial charge in [-0.2, -0.15) is 0 Å². The normalized spacial score (nSPS) is 11.2. The maximum Gasteiger partial charge on any atom is 0.220 e. The van der Waals surface area contributed by atoms with Gasteiger partial charge in [-0.1, -0.05) is 26.8 Å². The SMILES string of the molecule is COc1ccc(CNC(=O)CC(C)(C)C)cc1F. The quantitative estimate of drug-likeness (QED) is 0.896. The van der Waals surface area contributed by atoms with E-state index in [0.717, 1.165) is 5.56 Å². The van der Waals surface area contributed by atoms with Crippen LogP contribution in [-0.2, 0) is 11.3 Å². The number of amides is 1. The predicted molar refractivity (Wildman–Crippen MR) is 68.9 cm³/mol. The van der Waals surface area contributed by atoms with Gasteiger partial charge in [0, 0.05) is 13.0 Å². The molecule has 1 N–H and O–H groups in total. The summed E-state index contributed by atoms with van der Waals surface area (Å²) in [5.41, 5.74) is 0.672. The summed E-state index contributed by atoms with van der Waals surface area (Å²) in [7, 11) is 1.42. The molecule has 0 unspecified atom stereocenters. The summed E-state index contributed by atoms with van der Waals surface area (Å²) < 4.78 is 18.2. The lowest BCUT2D eigenvalue weighted by molar-refractivity contribution is -0.122. The fourth-order valence-electron chi connectivity index (χ4n) is 1.56. The van der Waals surface area contributed by atoms with Crippen molar-refractivity contribution >= 4 is 5.91 Å². The first kappa shape index (κ1) is 14.5. The Kier molecular flexibility index (Phi) is 4.70. The number of halogens is 1. The number of carbonyl (C=O) groups excluding carboxylic acids is 1. The van der Waals surface area contributed by atoms with Crippen LogP contribution < -0.4 is 10.1 Å². The third-order valence-corrected chi connectivity index (χ3v) is 2.40. The summed E-state index contributed by atoms with van der Waals surface area (Å²) in [6, 6.07) is 4.66. The molecule has 1 rings (SSSR count). The molecule has 4 heteroatoms. The van der Waals surface area contributed by atoms with Gasteiger partial charge in [0.2, 0.25) is 5.91 Å². The van der Waals surface area contributed by atoms with Gasteiger partial charge in [-0.25, -0.2) is 4.39 Å². The van der Waals surface area contributed by atoms with E-state index in [4.69, 9.17) is 4.74 Å². The molecule has 1 aromatic carbocycles. The molecule has 0 fully saturated rings. The summed E-state index contributed by atoms with van der Waals surface area (Å²) in [4.78, 5) is 11.6. The van der Waals surface area contributed by atoms with Gasteiger partial charge in [-0.3, -0.25) is 4.79 Å². The number of ether oxygens (including phenoxy) is 1. The maximum absolute atomic E-state index is 13.4. The summed E-state index contributed by atoms with van der Waals surface area (Å²) >= 11 is 0. The topological polar surface area (TPSA) is 38.3 Å². The highest BCUT2D eigenvalue weighted by molar-refractivity contribution is 5.76. The number of methoxy groups -OCH3 is 1. The standard InChI is InChI=1S/C14H20FNO2/c1-14(2,3)8-13(17)16-9-10-5-6-12(18-4)11(15)7-10/h5-7H,8-9H2,1-4H3,(H,16,17). The number of hydrogen-bond acceptors (Lipinski definition) is 2. The Balaban J connectivity index is 2.54. The molecule has 0 aliphatic carbocycles. The van der Waals surface area contributed by atoms with Crippen LogP contribution in [0.15, 0.2) is 18.2 Å². The van der Waals surface area contributed by atoms with Crippen molar-refractivity contribution in [1.82, 2.24) is 5.32 Å². The van der Waals surface area contributed by atoms with E-state index < -0.39 is 5.82 Å². The highest BCUT2D eigenvalue weighted by atomic mass is 19.1. The molecule has 0 aromatic heterocycles. The van der Waals surface area contributed by atoms with Crippen molar-refractivity contribution in [3.8, 4) is 5.75 Å². The van der Waals surface area contributed by atoms with Crippen LogP contribution in [0.3, 0.4) is 0 Å². The molecule has 0 atom stereocenters. The Hall–Kier alpha value is -1.58. The minimum atomic E-state index is -0.417. The van der Waals surface area contributed by atoms with Crippen LogP contribution >= 0.6 is 0 Å². The van der Waals surface area contributed by atoms with Crippen molar-refractivity contribution in [2.75, 3.05) is 7.11 Å². The first-order valence-electron chi connectivity index (χ1n) is 5.91. The fourth-order valence-corrected chi connectivity index (χ4v) is 1.56. The Bertz CT molecular complexity index is 424. The number of benzene rings is 1. The van der Waals surface area contributed by atoms with Gasteiger partial charge in [0.15, 0.2) is 11.6 Å². The second-order valence-electron chi connectivity index (χ2n) is 5.48. The number of nitrogens with one attached hydrogen (secondary N) is 1. The van der Waals surface area contributed by atoms with E-state index in [1.807, 2.05) is 20.8 Å². The van der Waals surface area contributed by atoms with Crippen molar-refractivity contribution in [3.05, 3.63) is 29.6 Å². The molecule has 0 spiro atoms. The lowest BCUT2D eigenvalue weighted by Gasteiger charge is -2.17. The third-order valence-electron chi connectivity index (χ3n) is 2.40. The number of carbonyl (C=O) groups is 1. The summed E-state index contributed by atoms with van der Waals surface area (Å²) in [6.45, 7) is 6.33. The van der Waals surface area contributed by atoms with Crippen LogP contribution in [0.2, 0.25) is 0 Å². The van der Waals surface area contributed by atoms with Crippen molar-refractivity contribution in [1.29, 1.82) is 0 Å². The lowest BCUT2D eigenvalue weighted by atomic mass is 9.92. The van der Waals surface area contributed by atoms with E-state index in [-0.39, 0.29) is 17.1 Å². The van der Waals surface area contributed by atoms with Crippen molar-refractivity contribution in [2.45, 2.75) is 33.7 Å². The molecule has 0 aliphatic rings. The fraction of sp³-hybridized carbons (Fsp3) is 0.500. The van der Waals surface area contributed by atoms with E-state index in [2.05, 4.69) is 5.32 Å². The zero-order chi connectivity index (χ0) is 13.8. The monoisotopic (exact) mass is 253 g/mol. The van der Waals surface area contributed by atoms with Crippen LogP contribution in [0.1, 0.15) is 32.8 Å². The Morgan fingerprint density at radius 3 is 2.56 bits per heavy atom. The van der Waals surface area contributed by atoms with E-state index in [1.54, 1.807) is 12.1 Å². The molecule has 18 heavy (non-hydrogen) atoms. The third kappa shape index (κ3) is 4.73. The molecule has 3 nitrogen and oxygen atoms in total. The van der Waals surface area contributed by atoms with Gasteiger partial charge in [0.05, 0.1) is 7.11 Å². The van der Waals surface area contributed by atoms with E-state index in [0.29, 0.717) is 13.0 Å². The van der Waals surface area contributed by atoms with Gasteiger partial charge in [-0.05, 0) is 23.1 Å². The molecule has 1 amide bonds. The largest absolute Gasteiger partial charge is 0.494 e. The molecule has 0 aliphatic heterocycles. The van der Waals surface area contributed by atoms with Gasteiger partial charge >= 0.3 is 0 Å². The summed E-state index contributed by atoms with van der Waals surface area (Å²) in [6.07, 6.45) is 0.450. The highest BCUT2D eigenvalue weighted by Gasteiger charge is 2.15. The van der Waals surface area contributed by atoms with Gasteiger partial charge < -0.3 is 10.1 Å². The van der Waals surface area contributed by atoms with E-state index in [1.165, 1.54) is 13.2 Å². The minimum Gasteiger partial charge on any atom is -0.494 e. The molecule has 100 valence electrons. The average molecular weight is 253 g/mol. The molecule has 0 bridgehead atoms. The molecule has 1 aromatic rings. The lowest BCUT2D eigenvalue weighted by Crippen LogP contribution is -2.27. The van der Waals surface area contributed by atoms with Crippen LogP contribution in [0.25, 0.3) is 0 Å². The highest BCUT2D eigenvalue weighted by Crippen LogP contribution is 2.19. The average Bonchev–Trinajstić information content (AvgIpc) is 2.24. The second-order valence-corrected chi connectivity index (χ2v) is 5.48. The second kappa shape index (κ2) is 5.85. The molecular formula is C14H20FNO2. The molecule has 0 saturated heterocycles.